The van der Waals surface area contributed by atoms with Crippen molar-refractivity contribution < 1.29 is 23.8 Å². The number of carbonyl (C=O) groups is 2. The molecule has 2 amide bonds. The molecule has 2 aromatic carbocycles. The van der Waals surface area contributed by atoms with Gasteiger partial charge in [0, 0.05) is 17.6 Å². The van der Waals surface area contributed by atoms with Gasteiger partial charge in [-0.05, 0) is 55.0 Å². The van der Waals surface area contributed by atoms with Gasteiger partial charge in [0.2, 0.25) is 0 Å². The van der Waals surface area contributed by atoms with E-state index < -0.39 is 6.09 Å². The van der Waals surface area contributed by atoms with Crippen LogP contribution < -0.4 is 14.4 Å². The molecule has 1 aromatic heterocycles. The highest BCUT2D eigenvalue weighted by Crippen LogP contribution is 2.41. The SMILES string of the molecule is C=CCOC(=O)N1C[C@@H]2CC(c3ccc(-n4nccn4)cc3)=CN2C(=O)c2cc(OC)c(OCCCCCBr)cc21. The fraction of sp³-hybridized carbons (Fsp3) is 0.333. The summed E-state index contributed by atoms with van der Waals surface area (Å²) in [6, 6.07) is 10.9. The van der Waals surface area contributed by atoms with E-state index in [0.29, 0.717) is 35.8 Å². The molecule has 0 spiro atoms. The number of halogens is 1. The molecule has 0 bridgehead atoms. The van der Waals surface area contributed by atoms with Crippen LogP contribution in [0.1, 0.15) is 41.6 Å². The predicted octanol–water partition coefficient (Wildman–Crippen LogP) is 5.62. The average Bonchev–Trinajstić information content (AvgIpc) is 3.67. The Kier molecular flexibility index (Phi) is 9.03. The van der Waals surface area contributed by atoms with E-state index in [2.05, 4.69) is 32.7 Å². The molecule has 0 aliphatic carbocycles. The summed E-state index contributed by atoms with van der Waals surface area (Å²) in [6.45, 7) is 4.45. The summed E-state index contributed by atoms with van der Waals surface area (Å²) in [6.07, 6.45) is 9.60. The number of unbranched alkanes of at least 4 members (excludes halogenated alkanes) is 2. The first-order chi connectivity index (χ1) is 20.0. The van der Waals surface area contributed by atoms with Crippen molar-refractivity contribution in [2.45, 2.75) is 31.7 Å². The third-order valence-electron chi connectivity index (χ3n) is 7.04. The monoisotopic (exact) mass is 621 g/mol. The molecule has 2 aliphatic heterocycles. The molecule has 0 radical (unpaired) electrons. The van der Waals surface area contributed by atoms with Crippen LogP contribution in [-0.2, 0) is 4.74 Å². The van der Waals surface area contributed by atoms with Crippen molar-refractivity contribution in [3.63, 3.8) is 0 Å². The van der Waals surface area contributed by atoms with Gasteiger partial charge in [-0.3, -0.25) is 9.69 Å². The molecular formula is C30H32BrN5O5. The summed E-state index contributed by atoms with van der Waals surface area (Å²) in [5, 5.41) is 9.29. The minimum absolute atomic E-state index is 0.0566. The van der Waals surface area contributed by atoms with Crippen LogP contribution in [0.5, 0.6) is 11.5 Å². The Balaban J connectivity index is 1.46. The Hall–Kier alpha value is -4.12. The van der Waals surface area contributed by atoms with E-state index in [-0.39, 0.29) is 25.1 Å². The topological polar surface area (TPSA) is 99.0 Å². The summed E-state index contributed by atoms with van der Waals surface area (Å²) < 4.78 is 17.1. The molecule has 3 aromatic rings. The lowest BCUT2D eigenvalue weighted by Crippen LogP contribution is -2.41. The highest BCUT2D eigenvalue weighted by molar-refractivity contribution is 9.09. The van der Waals surface area contributed by atoms with Crippen LogP contribution >= 0.6 is 15.9 Å². The Labute approximate surface area is 247 Å². The van der Waals surface area contributed by atoms with Crippen molar-refractivity contribution >= 4 is 39.2 Å². The average molecular weight is 623 g/mol. The van der Waals surface area contributed by atoms with Crippen molar-refractivity contribution in [3.05, 3.63) is 78.8 Å². The first kappa shape index (κ1) is 28.4. The number of rotatable bonds is 11. The van der Waals surface area contributed by atoms with Gasteiger partial charge in [-0.15, -0.1) is 0 Å². The third-order valence-corrected chi connectivity index (χ3v) is 7.60. The molecule has 10 nitrogen and oxygen atoms in total. The number of benzene rings is 2. The molecule has 1 atom stereocenters. The zero-order valence-electron chi connectivity index (χ0n) is 22.9. The number of nitrogens with zero attached hydrogens (tertiary/aromatic N) is 5. The standard InChI is InChI=1S/C30H32BrN5O5/c1-3-14-41-30(38)35-20-24-16-22(21-7-9-23(10-8-21)36-32-12-13-33-36)19-34(24)29(37)25-17-27(39-2)28(18-26(25)35)40-15-6-4-5-11-31/h3,7-10,12-13,17-19,24H,1,4-6,11,14-16,20H2,2H3/t24-/m0/s1. The lowest BCUT2D eigenvalue weighted by Gasteiger charge is -2.26. The zero-order valence-corrected chi connectivity index (χ0v) is 24.5. The summed E-state index contributed by atoms with van der Waals surface area (Å²) in [5.41, 5.74) is 3.57. The second-order valence-corrected chi connectivity index (χ2v) is 10.5. The van der Waals surface area contributed by atoms with Gasteiger partial charge >= 0.3 is 6.09 Å². The number of carbonyl (C=O) groups excluding carboxylic acids is 2. The normalized spacial score (nSPS) is 16.0. The maximum atomic E-state index is 14.0. The van der Waals surface area contributed by atoms with Gasteiger partial charge in [-0.2, -0.15) is 15.0 Å². The number of hydrogen-bond donors (Lipinski definition) is 0. The number of anilines is 1. The Morgan fingerprint density at radius 3 is 2.61 bits per heavy atom. The molecule has 11 heteroatoms. The fourth-order valence-electron chi connectivity index (χ4n) is 5.01. The van der Waals surface area contributed by atoms with Crippen molar-refractivity contribution in [1.82, 2.24) is 19.9 Å². The summed E-state index contributed by atoms with van der Waals surface area (Å²) in [4.78, 5) is 32.0. The maximum Gasteiger partial charge on any atom is 0.414 e. The number of ether oxygens (including phenoxy) is 3. The lowest BCUT2D eigenvalue weighted by atomic mass is 10.0. The van der Waals surface area contributed by atoms with Gasteiger partial charge in [-0.1, -0.05) is 40.7 Å². The Morgan fingerprint density at radius 2 is 1.90 bits per heavy atom. The Bertz CT molecular complexity index is 1420. The van der Waals surface area contributed by atoms with Crippen LogP contribution in [-0.4, -0.2) is 70.1 Å². The highest BCUT2D eigenvalue weighted by Gasteiger charge is 2.40. The minimum atomic E-state index is -0.557. The molecule has 0 unspecified atom stereocenters. The lowest BCUT2D eigenvalue weighted by molar-refractivity contribution is 0.0794. The summed E-state index contributed by atoms with van der Waals surface area (Å²) in [5.74, 6) is 0.685. The van der Waals surface area contributed by atoms with Crippen LogP contribution in [0.25, 0.3) is 11.3 Å². The molecule has 214 valence electrons. The molecule has 0 saturated carbocycles. The number of aromatic nitrogens is 3. The number of methoxy groups -OCH3 is 1. The van der Waals surface area contributed by atoms with Crippen LogP contribution in [0.3, 0.4) is 0 Å². The van der Waals surface area contributed by atoms with E-state index >= 15 is 0 Å². The second kappa shape index (κ2) is 13.0. The molecule has 3 heterocycles. The van der Waals surface area contributed by atoms with E-state index in [1.807, 2.05) is 30.5 Å². The Morgan fingerprint density at radius 1 is 1.12 bits per heavy atom. The number of alkyl halides is 1. The van der Waals surface area contributed by atoms with Crippen LogP contribution in [0.2, 0.25) is 0 Å². The highest BCUT2D eigenvalue weighted by atomic mass is 79.9. The van der Waals surface area contributed by atoms with Gasteiger partial charge in [0.05, 0.1) is 55.6 Å². The molecule has 5 rings (SSSR count). The van der Waals surface area contributed by atoms with Crippen molar-refractivity contribution in [1.29, 1.82) is 0 Å². The smallest absolute Gasteiger partial charge is 0.414 e. The van der Waals surface area contributed by atoms with Crippen LogP contribution in [0.15, 0.2) is 67.6 Å². The van der Waals surface area contributed by atoms with E-state index in [9.17, 15) is 9.59 Å². The number of fused-ring (bicyclic) bond motifs is 2. The van der Waals surface area contributed by atoms with Crippen LogP contribution in [0.4, 0.5) is 10.5 Å². The number of amides is 2. The molecule has 2 aliphatic rings. The quantitative estimate of drug-likeness (QED) is 0.156. The van der Waals surface area contributed by atoms with E-state index in [1.54, 1.807) is 34.2 Å². The van der Waals surface area contributed by atoms with Gasteiger partial charge in [0.1, 0.15) is 6.61 Å². The molecular weight excluding hydrogens is 590 g/mol. The second-order valence-electron chi connectivity index (χ2n) is 9.68. The molecule has 41 heavy (non-hydrogen) atoms. The molecule has 0 N–H and O–H groups in total. The van der Waals surface area contributed by atoms with E-state index in [4.69, 9.17) is 14.2 Å². The first-order valence-electron chi connectivity index (χ1n) is 13.5. The van der Waals surface area contributed by atoms with Gasteiger partial charge in [0.15, 0.2) is 11.5 Å². The van der Waals surface area contributed by atoms with Crippen molar-refractivity contribution in [3.8, 4) is 17.2 Å². The van der Waals surface area contributed by atoms with Crippen LogP contribution in [0, 0.1) is 0 Å². The number of hydrogen-bond acceptors (Lipinski definition) is 7. The largest absolute Gasteiger partial charge is 0.493 e. The van der Waals surface area contributed by atoms with Crippen molar-refractivity contribution in [2.24, 2.45) is 0 Å². The third kappa shape index (κ3) is 6.14. The zero-order chi connectivity index (χ0) is 28.8. The minimum Gasteiger partial charge on any atom is -0.493 e. The summed E-state index contributed by atoms with van der Waals surface area (Å²) in [7, 11) is 1.54. The molecule has 0 fully saturated rings. The first-order valence-corrected chi connectivity index (χ1v) is 14.6. The van der Waals surface area contributed by atoms with Gasteiger partial charge < -0.3 is 19.1 Å². The fourth-order valence-corrected chi connectivity index (χ4v) is 5.40. The maximum absolute atomic E-state index is 14.0. The van der Waals surface area contributed by atoms with Crippen molar-refractivity contribution in [2.75, 3.05) is 37.1 Å². The summed E-state index contributed by atoms with van der Waals surface area (Å²) >= 11 is 3.45. The van der Waals surface area contributed by atoms with E-state index in [0.717, 1.165) is 41.4 Å². The predicted molar refractivity (Wildman–Crippen MR) is 159 cm³/mol. The van der Waals surface area contributed by atoms with Gasteiger partial charge in [-0.25, -0.2) is 4.79 Å². The molecule has 0 saturated heterocycles. The van der Waals surface area contributed by atoms with Gasteiger partial charge in [0.25, 0.3) is 5.91 Å². The van der Waals surface area contributed by atoms with E-state index in [1.165, 1.54) is 18.1 Å².